The van der Waals surface area contributed by atoms with Crippen LogP contribution in [0.2, 0.25) is 0 Å². The normalized spacial score (nSPS) is 19.0. The number of nitrogens with one attached hydrogen (secondary N) is 1. The van der Waals surface area contributed by atoms with Gasteiger partial charge in [0.15, 0.2) is 0 Å². The Labute approximate surface area is 142 Å². The van der Waals surface area contributed by atoms with Gasteiger partial charge in [0.2, 0.25) is 15.9 Å². The first-order valence-corrected chi connectivity index (χ1v) is 9.37. The number of hydrogen-bond acceptors (Lipinski definition) is 5. The van der Waals surface area contributed by atoms with E-state index in [-0.39, 0.29) is 30.5 Å². The molecule has 0 saturated carbocycles. The van der Waals surface area contributed by atoms with Crippen LogP contribution in [0.25, 0.3) is 0 Å². The minimum atomic E-state index is -3.74. The molecule has 1 atom stereocenters. The van der Waals surface area contributed by atoms with E-state index in [2.05, 4.69) is 5.32 Å². The van der Waals surface area contributed by atoms with Crippen molar-refractivity contribution < 1.29 is 23.1 Å². The van der Waals surface area contributed by atoms with Gasteiger partial charge in [-0.2, -0.15) is 4.31 Å². The zero-order chi connectivity index (χ0) is 17.7. The zero-order valence-electron chi connectivity index (χ0n) is 14.0. The van der Waals surface area contributed by atoms with E-state index in [9.17, 15) is 13.2 Å². The molecule has 1 fully saturated rings. The van der Waals surface area contributed by atoms with Gasteiger partial charge in [0.05, 0.1) is 19.6 Å². The number of sulfonamides is 1. The molecule has 0 unspecified atom stereocenters. The SMILES string of the molecule is COc1ccc(C)cc1S(=O)(=O)N1CCC[C@H](C(=O)NCCO)C1. The second-order valence-electron chi connectivity index (χ2n) is 5.87. The Kier molecular flexibility index (Phi) is 6.20. The molecule has 1 aliphatic rings. The summed E-state index contributed by atoms with van der Waals surface area (Å²) >= 11 is 0. The number of rotatable bonds is 6. The Hall–Kier alpha value is -1.64. The Balaban J connectivity index is 2.23. The Morgan fingerprint density at radius 3 is 2.88 bits per heavy atom. The van der Waals surface area contributed by atoms with E-state index in [1.165, 1.54) is 11.4 Å². The lowest BCUT2D eigenvalue weighted by Gasteiger charge is -2.31. The first kappa shape index (κ1) is 18.7. The maximum absolute atomic E-state index is 13.0. The molecule has 1 amide bonds. The number of hydrogen-bond donors (Lipinski definition) is 2. The first-order chi connectivity index (χ1) is 11.4. The van der Waals surface area contributed by atoms with Crippen molar-refractivity contribution in [1.82, 2.24) is 9.62 Å². The topological polar surface area (TPSA) is 95.9 Å². The molecule has 0 aliphatic carbocycles. The second kappa shape index (κ2) is 7.96. The molecule has 134 valence electrons. The summed E-state index contributed by atoms with van der Waals surface area (Å²) in [5.74, 6) is -0.330. The molecule has 0 bridgehead atoms. The summed E-state index contributed by atoms with van der Waals surface area (Å²) in [4.78, 5) is 12.2. The van der Waals surface area contributed by atoms with Gasteiger partial charge in [-0.25, -0.2) is 8.42 Å². The molecule has 1 aromatic rings. The van der Waals surface area contributed by atoms with Crippen LogP contribution >= 0.6 is 0 Å². The molecule has 1 aromatic carbocycles. The van der Waals surface area contributed by atoms with Crippen LogP contribution in [0.15, 0.2) is 23.1 Å². The summed E-state index contributed by atoms with van der Waals surface area (Å²) in [6.45, 7) is 2.37. The maximum Gasteiger partial charge on any atom is 0.246 e. The van der Waals surface area contributed by atoms with Gasteiger partial charge >= 0.3 is 0 Å². The maximum atomic E-state index is 13.0. The van der Waals surface area contributed by atoms with Crippen molar-refractivity contribution in [3.05, 3.63) is 23.8 Å². The van der Waals surface area contributed by atoms with Gasteiger partial charge in [-0.05, 0) is 37.5 Å². The number of piperidine rings is 1. The molecular weight excluding hydrogens is 332 g/mol. The van der Waals surface area contributed by atoms with Gasteiger partial charge in [-0.1, -0.05) is 6.07 Å². The van der Waals surface area contributed by atoms with Gasteiger partial charge in [0.1, 0.15) is 10.6 Å². The average molecular weight is 356 g/mol. The van der Waals surface area contributed by atoms with Gasteiger partial charge in [-0.3, -0.25) is 4.79 Å². The molecule has 0 aromatic heterocycles. The Morgan fingerprint density at radius 1 is 1.46 bits per heavy atom. The molecule has 8 heteroatoms. The molecule has 2 N–H and O–H groups in total. The van der Waals surface area contributed by atoms with Crippen molar-refractivity contribution in [2.75, 3.05) is 33.4 Å². The van der Waals surface area contributed by atoms with Gasteiger partial charge in [-0.15, -0.1) is 0 Å². The first-order valence-electron chi connectivity index (χ1n) is 7.93. The van der Waals surface area contributed by atoms with Crippen molar-refractivity contribution in [2.45, 2.75) is 24.7 Å². The fourth-order valence-corrected chi connectivity index (χ4v) is 4.59. The minimum absolute atomic E-state index is 0.126. The number of methoxy groups -OCH3 is 1. The van der Waals surface area contributed by atoms with Gasteiger partial charge < -0.3 is 15.2 Å². The molecule has 0 radical (unpaired) electrons. The lowest BCUT2D eigenvalue weighted by molar-refractivity contribution is -0.126. The van der Waals surface area contributed by atoms with Crippen molar-refractivity contribution in [3.8, 4) is 5.75 Å². The molecule has 1 heterocycles. The number of amides is 1. The van der Waals surface area contributed by atoms with E-state index >= 15 is 0 Å². The molecule has 7 nitrogen and oxygen atoms in total. The van der Waals surface area contributed by atoms with Crippen molar-refractivity contribution in [2.24, 2.45) is 5.92 Å². The number of aliphatic hydroxyl groups excluding tert-OH is 1. The smallest absolute Gasteiger partial charge is 0.246 e. The van der Waals surface area contributed by atoms with E-state index in [0.717, 1.165) is 5.56 Å². The van der Waals surface area contributed by atoms with E-state index in [4.69, 9.17) is 9.84 Å². The molecule has 0 spiro atoms. The van der Waals surface area contributed by atoms with Crippen LogP contribution < -0.4 is 10.1 Å². The third-order valence-corrected chi connectivity index (χ3v) is 5.99. The molecular formula is C16H24N2O5S. The Bertz CT molecular complexity index is 690. The van der Waals surface area contributed by atoms with E-state index < -0.39 is 15.9 Å². The molecule has 24 heavy (non-hydrogen) atoms. The summed E-state index contributed by atoms with van der Waals surface area (Å²) in [6, 6.07) is 5.01. The van der Waals surface area contributed by atoms with E-state index in [1.807, 2.05) is 6.92 Å². The number of carbonyl (C=O) groups excluding carboxylic acids is 1. The summed E-state index contributed by atoms with van der Waals surface area (Å²) in [7, 11) is -2.30. The van der Waals surface area contributed by atoms with Gasteiger partial charge in [0.25, 0.3) is 0 Å². The van der Waals surface area contributed by atoms with Crippen LogP contribution in [0.3, 0.4) is 0 Å². The molecule has 2 rings (SSSR count). The van der Waals surface area contributed by atoms with Crippen molar-refractivity contribution in [3.63, 3.8) is 0 Å². The van der Waals surface area contributed by atoms with Crippen LogP contribution in [0.1, 0.15) is 18.4 Å². The summed E-state index contributed by atoms with van der Waals surface area (Å²) in [5.41, 5.74) is 0.823. The Morgan fingerprint density at radius 2 is 2.21 bits per heavy atom. The summed E-state index contributed by atoms with van der Waals surface area (Å²) < 4.78 is 32.5. The predicted molar refractivity (Wildman–Crippen MR) is 89.3 cm³/mol. The summed E-state index contributed by atoms with van der Waals surface area (Å²) in [5, 5.41) is 11.4. The van der Waals surface area contributed by atoms with Crippen LogP contribution in [-0.4, -0.2) is 57.1 Å². The average Bonchev–Trinajstić information content (AvgIpc) is 2.59. The molecule has 1 saturated heterocycles. The second-order valence-corrected chi connectivity index (χ2v) is 7.78. The standard InChI is InChI=1S/C16H24N2O5S/c1-12-5-6-14(23-2)15(10-12)24(21,22)18-8-3-4-13(11-18)16(20)17-7-9-19/h5-6,10,13,19H,3-4,7-9,11H2,1-2H3,(H,17,20)/t13-/m0/s1. The largest absolute Gasteiger partial charge is 0.495 e. The quantitative estimate of drug-likeness (QED) is 0.774. The number of ether oxygens (including phenoxy) is 1. The van der Waals surface area contributed by atoms with E-state index in [1.54, 1.807) is 18.2 Å². The van der Waals surface area contributed by atoms with Crippen molar-refractivity contribution in [1.29, 1.82) is 0 Å². The van der Waals surface area contributed by atoms with Crippen molar-refractivity contribution >= 4 is 15.9 Å². The number of carbonyl (C=O) groups is 1. The lowest BCUT2D eigenvalue weighted by Crippen LogP contribution is -2.45. The van der Waals surface area contributed by atoms with Crippen LogP contribution in [0.5, 0.6) is 5.75 Å². The third-order valence-electron chi connectivity index (χ3n) is 4.10. The number of aryl methyl sites for hydroxylation is 1. The predicted octanol–water partition coefficient (Wildman–Crippen LogP) is 0.513. The highest BCUT2D eigenvalue weighted by Gasteiger charge is 2.34. The molecule has 1 aliphatic heterocycles. The lowest BCUT2D eigenvalue weighted by atomic mass is 9.99. The van der Waals surface area contributed by atoms with Crippen LogP contribution in [-0.2, 0) is 14.8 Å². The van der Waals surface area contributed by atoms with Crippen LogP contribution in [0.4, 0.5) is 0 Å². The third kappa shape index (κ3) is 4.06. The highest BCUT2D eigenvalue weighted by molar-refractivity contribution is 7.89. The number of aliphatic hydroxyl groups is 1. The summed E-state index contributed by atoms with van der Waals surface area (Å²) in [6.07, 6.45) is 1.25. The minimum Gasteiger partial charge on any atom is -0.495 e. The fraction of sp³-hybridized carbons (Fsp3) is 0.562. The zero-order valence-corrected chi connectivity index (χ0v) is 14.8. The highest BCUT2D eigenvalue weighted by Crippen LogP contribution is 2.30. The van der Waals surface area contributed by atoms with E-state index in [0.29, 0.717) is 25.1 Å². The number of nitrogens with zero attached hydrogens (tertiary/aromatic N) is 1. The number of benzene rings is 1. The van der Waals surface area contributed by atoms with Gasteiger partial charge in [0, 0.05) is 19.6 Å². The monoisotopic (exact) mass is 356 g/mol. The highest BCUT2D eigenvalue weighted by atomic mass is 32.2. The fourth-order valence-electron chi connectivity index (χ4n) is 2.82. The van der Waals surface area contributed by atoms with Crippen LogP contribution in [0, 0.1) is 12.8 Å².